The van der Waals surface area contributed by atoms with Gasteiger partial charge in [0.2, 0.25) is 0 Å². The molecular weight excluding hydrogens is 267 g/mol. The predicted molar refractivity (Wildman–Crippen MR) is 82.3 cm³/mol. The predicted octanol–water partition coefficient (Wildman–Crippen LogP) is 3.74. The van der Waals surface area contributed by atoms with Crippen LogP contribution in [0.4, 0.5) is 15.8 Å². The molecule has 0 spiro atoms. The zero-order chi connectivity index (χ0) is 14.8. The first-order valence-electron chi connectivity index (χ1n) is 7.08. The molecule has 0 aliphatic carbocycles. The van der Waals surface area contributed by atoms with E-state index in [2.05, 4.69) is 10.6 Å². The summed E-state index contributed by atoms with van der Waals surface area (Å²) in [6, 6.07) is 10.4. The Bertz CT molecular complexity index is 697. The summed E-state index contributed by atoms with van der Waals surface area (Å²) < 4.78 is 13.9. The molecule has 108 valence electrons. The number of hydrogen-bond donors (Lipinski definition) is 2. The largest absolute Gasteiger partial charge is 0.383 e. The Hall–Kier alpha value is -2.36. The topological polar surface area (TPSA) is 41.1 Å². The van der Waals surface area contributed by atoms with Gasteiger partial charge < -0.3 is 10.6 Å². The highest BCUT2D eigenvalue weighted by molar-refractivity contribution is 6.06. The van der Waals surface area contributed by atoms with E-state index in [9.17, 15) is 9.18 Å². The standard InChI is InChI=1S/C17H17FN2O/c1-11-7-8-13(14(18)10-11)17(21)20-15-6-2-4-12-5-3-9-19-16(12)15/h2,4,6-8,10,19H,3,5,9H2,1H3,(H,20,21). The number of halogens is 1. The normalized spacial score (nSPS) is 13.2. The fourth-order valence-electron chi connectivity index (χ4n) is 2.61. The van der Waals surface area contributed by atoms with Crippen LogP contribution in [-0.4, -0.2) is 12.5 Å². The summed E-state index contributed by atoms with van der Waals surface area (Å²) in [4.78, 5) is 12.3. The highest BCUT2D eigenvalue weighted by Crippen LogP contribution is 2.30. The lowest BCUT2D eigenvalue weighted by molar-refractivity contribution is 0.102. The number of para-hydroxylation sites is 1. The maximum Gasteiger partial charge on any atom is 0.258 e. The van der Waals surface area contributed by atoms with Crippen LogP contribution >= 0.6 is 0 Å². The first-order valence-corrected chi connectivity index (χ1v) is 7.08. The van der Waals surface area contributed by atoms with Gasteiger partial charge in [-0.1, -0.05) is 18.2 Å². The van der Waals surface area contributed by atoms with Crippen molar-refractivity contribution in [2.45, 2.75) is 19.8 Å². The van der Waals surface area contributed by atoms with Crippen molar-refractivity contribution in [2.75, 3.05) is 17.2 Å². The Morgan fingerprint density at radius 2 is 2.14 bits per heavy atom. The van der Waals surface area contributed by atoms with Gasteiger partial charge in [0.05, 0.1) is 16.9 Å². The fraction of sp³-hybridized carbons (Fsp3) is 0.235. The molecule has 0 atom stereocenters. The van der Waals surface area contributed by atoms with Gasteiger partial charge >= 0.3 is 0 Å². The van der Waals surface area contributed by atoms with Crippen molar-refractivity contribution in [3.63, 3.8) is 0 Å². The lowest BCUT2D eigenvalue weighted by Gasteiger charge is -2.21. The summed E-state index contributed by atoms with van der Waals surface area (Å²) in [5.74, 6) is -0.918. The van der Waals surface area contributed by atoms with Crippen molar-refractivity contribution in [2.24, 2.45) is 0 Å². The zero-order valence-corrected chi connectivity index (χ0v) is 11.9. The number of aryl methyl sites for hydroxylation is 2. The van der Waals surface area contributed by atoms with Crippen LogP contribution in [0.15, 0.2) is 36.4 Å². The van der Waals surface area contributed by atoms with Crippen LogP contribution < -0.4 is 10.6 Å². The average molecular weight is 284 g/mol. The molecule has 1 aliphatic rings. The monoisotopic (exact) mass is 284 g/mol. The molecule has 2 N–H and O–H groups in total. The van der Waals surface area contributed by atoms with Crippen LogP contribution in [0.3, 0.4) is 0 Å². The summed E-state index contributed by atoms with van der Waals surface area (Å²) in [5.41, 5.74) is 3.70. The number of carbonyl (C=O) groups excluding carboxylic acids is 1. The van der Waals surface area contributed by atoms with Gasteiger partial charge in [-0.2, -0.15) is 0 Å². The molecular formula is C17H17FN2O. The molecule has 0 fully saturated rings. The Kier molecular flexibility index (Phi) is 3.60. The summed E-state index contributed by atoms with van der Waals surface area (Å²) in [6.07, 6.45) is 2.07. The van der Waals surface area contributed by atoms with Gasteiger partial charge in [-0.15, -0.1) is 0 Å². The van der Waals surface area contributed by atoms with E-state index in [1.54, 1.807) is 13.0 Å². The number of carbonyl (C=O) groups is 1. The Labute approximate surface area is 123 Å². The van der Waals surface area contributed by atoms with Gasteiger partial charge in [-0.25, -0.2) is 4.39 Å². The number of benzene rings is 2. The summed E-state index contributed by atoms with van der Waals surface area (Å²) in [7, 11) is 0. The smallest absolute Gasteiger partial charge is 0.258 e. The molecule has 1 amide bonds. The number of rotatable bonds is 2. The summed E-state index contributed by atoms with van der Waals surface area (Å²) in [6.45, 7) is 2.68. The molecule has 0 saturated carbocycles. The van der Waals surface area contributed by atoms with Crippen molar-refractivity contribution in [3.8, 4) is 0 Å². The second-order valence-corrected chi connectivity index (χ2v) is 5.31. The Morgan fingerprint density at radius 1 is 1.29 bits per heavy atom. The van der Waals surface area contributed by atoms with E-state index in [1.165, 1.54) is 17.7 Å². The molecule has 0 bridgehead atoms. The maximum absolute atomic E-state index is 13.9. The number of nitrogens with one attached hydrogen (secondary N) is 2. The minimum absolute atomic E-state index is 0.0639. The van der Waals surface area contributed by atoms with E-state index in [0.29, 0.717) is 5.69 Å². The first kappa shape index (κ1) is 13.6. The third kappa shape index (κ3) is 2.75. The van der Waals surface area contributed by atoms with Crippen molar-refractivity contribution < 1.29 is 9.18 Å². The first-order chi connectivity index (χ1) is 10.1. The van der Waals surface area contributed by atoms with Crippen molar-refractivity contribution in [3.05, 3.63) is 58.9 Å². The van der Waals surface area contributed by atoms with Gasteiger partial charge in [0, 0.05) is 6.54 Å². The van der Waals surface area contributed by atoms with Crippen LogP contribution in [0, 0.1) is 12.7 Å². The molecule has 21 heavy (non-hydrogen) atoms. The van der Waals surface area contributed by atoms with E-state index >= 15 is 0 Å². The van der Waals surface area contributed by atoms with Crippen LogP contribution in [-0.2, 0) is 6.42 Å². The fourth-order valence-corrected chi connectivity index (χ4v) is 2.61. The molecule has 2 aromatic rings. The SMILES string of the molecule is Cc1ccc(C(=O)Nc2cccc3c2NCCC3)c(F)c1. The van der Waals surface area contributed by atoms with Crippen LogP contribution in [0.5, 0.6) is 0 Å². The number of fused-ring (bicyclic) bond motifs is 1. The molecule has 4 heteroatoms. The van der Waals surface area contributed by atoms with Gasteiger partial charge in [0.15, 0.2) is 0 Å². The van der Waals surface area contributed by atoms with Crippen molar-refractivity contribution in [1.82, 2.24) is 0 Å². The number of anilines is 2. The van der Waals surface area contributed by atoms with Gasteiger partial charge in [0.1, 0.15) is 5.82 Å². The molecule has 3 nitrogen and oxygen atoms in total. The quantitative estimate of drug-likeness (QED) is 0.882. The Balaban J connectivity index is 1.88. The second-order valence-electron chi connectivity index (χ2n) is 5.31. The third-order valence-electron chi connectivity index (χ3n) is 3.69. The van der Waals surface area contributed by atoms with Gasteiger partial charge in [0.25, 0.3) is 5.91 Å². The van der Waals surface area contributed by atoms with E-state index in [0.717, 1.165) is 30.6 Å². The molecule has 0 saturated heterocycles. The molecule has 2 aromatic carbocycles. The highest BCUT2D eigenvalue weighted by Gasteiger charge is 2.16. The maximum atomic E-state index is 13.9. The van der Waals surface area contributed by atoms with E-state index in [4.69, 9.17) is 0 Å². The summed E-state index contributed by atoms with van der Waals surface area (Å²) in [5, 5.41) is 6.11. The van der Waals surface area contributed by atoms with Crippen molar-refractivity contribution in [1.29, 1.82) is 0 Å². The molecule has 0 unspecified atom stereocenters. The van der Waals surface area contributed by atoms with Crippen molar-refractivity contribution >= 4 is 17.3 Å². The zero-order valence-electron chi connectivity index (χ0n) is 11.9. The molecule has 1 aliphatic heterocycles. The molecule has 3 rings (SSSR count). The average Bonchev–Trinajstić information content (AvgIpc) is 2.47. The van der Waals surface area contributed by atoms with Gasteiger partial charge in [-0.05, 0) is 49.1 Å². The minimum Gasteiger partial charge on any atom is -0.383 e. The third-order valence-corrected chi connectivity index (χ3v) is 3.69. The lowest BCUT2D eigenvalue weighted by atomic mass is 10.0. The highest BCUT2D eigenvalue weighted by atomic mass is 19.1. The van der Waals surface area contributed by atoms with Crippen LogP contribution in [0.25, 0.3) is 0 Å². The molecule has 1 heterocycles. The minimum atomic E-state index is -0.495. The lowest BCUT2D eigenvalue weighted by Crippen LogP contribution is -2.18. The van der Waals surface area contributed by atoms with Crippen LogP contribution in [0.2, 0.25) is 0 Å². The molecule has 0 aromatic heterocycles. The number of hydrogen-bond acceptors (Lipinski definition) is 2. The van der Waals surface area contributed by atoms with E-state index < -0.39 is 11.7 Å². The van der Waals surface area contributed by atoms with Crippen LogP contribution in [0.1, 0.15) is 27.9 Å². The Morgan fingerprint density at radius 3 is 2.95 bits per heavy atom. The van der Waals surface area contributed by atoms with E-state index in [1.807, 2.05) is 18.2 Å². The number of amides is 1. The van der Waals surface area contributed by atoms with Gasteiger partial charge in [-0.3, -0.25) is 4.79 Å². The summed E-state index contributed by atoms with van der Waals surface area (Å²) >= 11 is 0. The molecule has 0 radical (unpaired) electrons. The van der Waals surface area contributed by atoms with E-state index in [-0.39, 0.29) is 5.56 Å². The second kappa shape index (κ2) is 5.56.